The van der Waals surface area contributed by atoms with Crippen molar-refractivity contribution in [2.75, 3.05) is 11.1 Å². The van der Waals surface area contributed by atoms with Gasteiger partial charge in [0.2, 0.25) is 5.91 Å². The molecule has 29 heavy (non-hydrogen) atoms. The Morgan fingerprint density at radius 3 is 2.38 bits per heavy atom. The van der Waals surface area contributed by atoms with E-state index in [0.717, 1.165) is 10.4 Å². The van der Waals surface area contributed by atoms with Crippen LogP contribution in [-0.4, -0.2) is 22.9 Å². The molecule has 0 radical (unpaired) electrons. The molecule has 2 aromatic carbocycles. The van der Waals surface area contributed by atoms with E-state index >= 15 is 0 Å². The molecule has 8 heteroatoms. The molecule has 1 unspecified atom stereocenters. The molecule has 7 nitrogen and oxygen atoms in total. The molecule has 0 spiro atoms. The molecule has 0 saturated heterocycles. The van der Waals surface area contributed by atoms with Crippen LogP contribution >= 0.6 is 11.3 Å². The van der Waals surface area contributed by atoms with Crippen LogP contribution in [0.5, 0.6) is 0 Å². The lowest BCUT2D eigenvalue weighted by molar-refractivity contribution is -0.141. The zero-order chi connectivity index (χ0) is 21.0. The SMILES string of the molecule is CC(=O)NC(C(=O)O)c1ccc(C(=O)Nc2cc(-c3cccs3)ccc2N)cc1. The molecule has 2 amide bonds. The van der Waals surface area contributed by atoms with E-state index in [0.29, 0.717) is 22.5 Å². The average molecular weight is 409 g/mol. The predicted octanol–water partition coefficient (Wildman–Crippen LogP) is 3.51. The summed E-state index contributed by atoms with van der Waals surface area (Å²) in [5.74, 6) is -2.02. The van der Waals surface area contributed by atoms with E-state index in [9.17, 15) is 19.5 Å². The first kappa shape index (κ1) is 20.1. The van der Waals surface area contributed by atoms with Gasteiger partial charge in [0.25, 0.3) is 5.91 Å². The maximum absolute atomic E-state index is 12.6. The molecular formula is C21H19N3O4S. The Kier molecular flexibility index (Phi) is 5.94. The standard InChI is InChI=1S/C21H19N3O4S/c1-12(25)23-19(21(27)28)13-4-6-14(7-5-13)20(26)24-17-11-15(8-9-16(17)22)18-3-2-10-29-18/h2-11,19H,22H2,1H3,(H,23,25)(H,24,26)(H,27,28). The predicted molar refractivity (Wildman–Crippen MR) is 113 cm³/mol. The average Bonchev–Trinajstić information content (AvgIpc) is 3.22. The van der Waals surface area contributed by atoms with Crippen molar-refractivity contribution in [3.63, 3.8) is 0 Å². The molecule has 0 bridgehead atoms. The van der Waals surface area contributed by atoms with Crippen molar-refractivity contribution in [1.82, 2.24) is 5.32 Å². The van der Waals surface area contributed by atoms with Gasteiger partial charge in [0.15, 0.2) is 6.04 Å². The minimum Gasteiger partial charge on any atom is -0.479 e. The molecule has 3 aromatic rings. The monoisotopic (exact) mass is 409 g/mol. The number of rotatable bonds is 6. The Hall–Kier alpha value is -3.65. The fraction of sp³-hybridized carbons (Fsp3) is 0.0952. The van der Waals surface area contributed by atoms with Crippen LogP contribution in [0.25, 0.3) is 10.4 Å². The number of hydrogen-bond acceptors (Lipinski definition) is 5. The first-order valence-corrected chi connectivity index (χ1v) is 9.57. The van der Waals surface area contributed by atoms with Crippen LogP contribution in [0.2, 0.25) is 0 Å². The van der Waals surface area contributed by atoms with Crippen molar-refractivity contribution in [3.8, 4) is 10.4 Å². The number of carboxylic acids is 1. The smallest absolute Gasteiger partial charge is 0.330 e. The Morgan fingerprint density at radius 2 is 1.79 bits per heavy atom. The van der Waals surface area contributed by atoms with Gasteiger partial charge in [-0.15, -0.1) is 11.3 Å². The quantitative estimate of drug-likeness (QED) is 0.464. The number of carboxylic acid groups (broad SMARTS) is 1. The fourth-order valence-corrected chi connectivity index (χ4v) is 3.50. The van der Waals surface area contributed by atoms with Gasteiger partial charge in [-0.05, 0) is 46.8 Å². The van der Waals surface area contributed by atoms with Gasteiger partial charge in [-0.3, -0.25) is 9.59 Å². The van der Waals surface area contributed by atoms with Crippen molar-refractivity contribution in [1.29, 1.82) is 0 Å². The van der Waals surface area contributed by atoms with E-state index in [1.54, 1.807) is 17.4 Å². The van der Waals surface area contributed by atoms with E-state index in [2.05, 4.69) is 10.6 Å². The second-order valence-corrected chi connectivity index (χ2v) is 7.27. The highest BCUT2D eigenvalue weighted by atomic mass is 32.1. The summed E-state index contributed by atoms with van der Waals surface area (Å²) in [7, 11) is 0. The minimum absolute atomic E-state index is 0.335. The summed E-state index contributed by atoms with van der Waals surface area (Å²) in [6.45, 7) is 1.24. The molecule has 0 aliphatic carbocycles. The summed E-state index contributed by atoms with van der Waals surface area (Å²) in [5, 5.41) is 16.4. The van der Waals surface area contributed by atoms with Crippen LogP contribution in [0, 0.1) is 0 Å². The minimum atomic E-state index is -1.18. The lowest BCUT2D eigenvalue weighted by Gasteiger charge is -2.14. The second-order valence-electron chi connectivity index (χ2n) is 6.33. The zero-order valence-electron chi connectivity index (χ0n) is 15.5. The van der Waals surface area contributed by atoms with Gasteiger partial charge in [0.1, 0.15) is 0 Å². The number of anilines is 2. The summed E-state index contributed by atoms with van der Waals surface area (Å²) in [4.78, 5) is 36.2. The molecule has 5 N–H and O–H groups in total. The fourth-order valence-electron chi connectivity index (χ4n) is 2.77. The van der Waals surface area contributed by atoms with Crippen LogP contribution < -0.4 is 16.4 Å². The van der Waals surface area contributed by atoms with Gasteiger partial charge in [0, 0.05) is 17.4 Å². The number of nitrogens with two attached hydrogens (primary N) is 1. The molecule has 1 heterocycles. The first-order valence-electron chi connectivity index (χ1n) is 8.70. The molecule has 0 saturated carbocycles. The van der Waals surface area contributed by atoms with Crippen molar-refractivity contribution in [3.05, 3.63) is 71.1 Å². The van der Waals surface area contributed by atoms with Crippen LogP contribution in [0.15, 0.2) is 60.0 Å². The number of hydrogen-bond donors (Lipinski definition) is 4. The maximum atomic E-state index is 12.6. The van der Waals surface area contributed by atoms with Crippen molar-refractivity contribution >= 4 is 40.5 Å². The van der Waals surface area contributed by atoms with E-state index in [4.69, 9.17) is 5.73 Å². The molecular weight excluding hydrogens is 390 g/mol. The van der Waals surface area contributed by atoms with Crippen LogP contribution in [0.4, 0.5) is 11.4 Å². The molecule has 1 atom stereocenters. The lowest BCUT2D eigenvalue weighted by Crippen LogP contribution is -2.32. The van der Waals surface area contributed by atoms with E-state index < -0.39 is 17.9 Å². The number of thiophene rings is 1. The Bertz CT molecular complexity index is 1050. The Labute approximate surface area is 171 Å². The number of nitrogens with one attached hydrogen (secondary N) is 2. The normalized spacial score (nSPS) is 11.5. The summed E-state index contributed by atoms with van der Waals surface area (Å²) in [6.07, 6.45) is 0. The van der Waals surface area contributed by atoms with Crippen LogP contribution in [0.1, 0.15) is 28.9 Å². The molecule has 148 valence electrons. The molecule has 0 aliphatic rings. The molecule has 3 rings (SSSR count). The third kappa shape index (κ3) is 4.80. The Balaban J connectivity index is 1.78. The van der Waals surface area contributed by atoms with E-state index in [-0.39, 0.29) is 5.91 Å². The summed E-state index contributed by atoms with van der Waals surface area (Å²) in [5.41, 5.74) is 8.57. The summed E-state index contributed by atoms with van der Waals surface area (Å²) >= 11 is 1.59. The van der Waals surface area contributed by atoms with Crippen molar-refractivity contribution in [2.24, 2.45) is 0 Å². The number of amides is 2. The lowest BCUT2D eigenvalue weighted by atomic mass is 10.0. The van der Waals surface area contributed by atoms with Gasteiger partial charge in [0.05, 0.1) is 11.4 Å². The largest absolute Gasteiger partial charge is 0.479 e. The molecule has 0 fully saturated rings. The highest BCUT2D eigenvalue weighted by molar-refractivity contribution is 7.13. The third-order valence-corrected chi connectivity index (χ3v) is 5.13. The number of carbonyl (C=O) groups excluding carboxylic acids is 2. The topological polar surface area (TPSA) is 122 Å². The number of nitrogen functional groups attached to an aromatic ring is 1. The number of carbonyl (C=O) groups is 3. The van der Waals surface area contributed by atoms with Crippen LogP contribution in [0.3, 0.4) is 0 Å². The second kappa shape index (κ2) is 8.57. The third-order valence-electron chi connectivity index (χ3n) is 4.21. The van der Waals surface area contributed by atoms with Gasteiger partial charge in [-0.25, -0.2) is 4.79 Å². The Morgan fingerprint density at radius 1 is 1.07 bits per heavy atom. The first-order chi connectivity index (χ1) is 13.8. The zero-order valence-corrected chi connectivity index (χ0v) is 16.3. The summed E-state index contributed by atoms with van der Waals surface area (Å²) < 4.78 is 0. The molecule has 1 aromatic heterocycles. The van der Waals surface area contributed by atoms with E-state index in [1.165, 1.54) is 31.2 Å². The van der Waals surface area contributed by atoms with Gasteiger partial charge < -0.3 is 21.5 Å². The number of benzene rings is 2. The van der Waals surface area contributed by atoms with Gasteiger partial charge >= 0.3 is 5.97 Å². The number of aliphatic carboxylic acids is 1. The van der Waals surface area contributed by atoms with Crippen LogP contribution in [-0.2, 0) is 9.59 Å². The maximum Gasteiger partial charge on any atom is 0.330 e. The highest BCUT2D eigenvalue weighted by Gasteiger charge is 2.21. The summed E-state index contributed by atoms with van der Waals surface area (Å²) in [6, 6.07) is 14.2. The van der Waals surface area contributed by atoms with Crippen molar-refractivity contribution < 1.29 is 19.5 Å². The van der Waals surface area contributed by atoms with Gasteiger partial charge in [-0.2, -0.15) is 0 Å². The highest BCUT2D eigenvalue weighted by Crippen LogP contribution is 2.30. The van der Waals surface area contributed by atoms with E-state index in [1.807, 2.05) is 29.6 Å². The van der Waals surface area contributed by atoms with Gasteiger partial charge in [-0.1, -0.05) is 24.3 Å². The molecule has 0 aliphatic heterocycles. The van der Waals surface area contributed by atoms with Crippen molar-refractivity contribution in [2.45, 2.75) is 13.0 Å².